The van der Waals surface area contributed by atoms with Crippen LogP contribution >= 0.6 is 0 Å². The minimum absolute atomic E-state index is 0.556. The third-order valence-corrected chi connectivity index (χ3v) is 4.50. The van der Waals surface area contributed by atoms with E-state index in [1.807, 2.05) is 67.2 Å². The van der Waals surface area contributed by atoms with Gasteiger partial charge in [-0.25, -0.2) is 9.50 Å². The van der Waals surface area contributed by atoms with Crippen LogP contribution in [0.3, 0.4) is 0 Å². The lowest BCUT2D eigenvalue weighted by atomic mass is 10.0. The van der Waals surface area contributed by atoms with E-state index < -0.39 is 5.60 Å². The van der Waals surface area contributed by atoms with Gasteiger partial charge in [0.05, 0.1) is 11.9 Å². The molecule has 0 radical (unpaired) electrons. The van der Waals surface area contributed by atoms with E-state index in [-0.39, 0.29) is 0 Å². The van der Waals surface area contributed by atoms with Gasteiger partial charge in [0.25, 0.3) is 0 Å². The Bertz CT molecular complexity index is 1030. The van der Waals surface area contributed by atoms with Crippen molar-refractivity contribution in [1.82, 2.24) is 14.6 Å². The third-order valence-electron chi connectivity index (χ3n) is 4.50. The lowest BCUT2D eigenvalue weighted by molar-refractivity contribution is 0.101. The van der Waals surface area contributed by atoms with Crippen LogP contribution in [-0.2, 0) is 5.60 Å². The lowest BCUT2D eigenvalue weighted by Gasteiger charge is -2.27. The number of hydrogen-bond donors (Lipinski definition) is 0. The first-order chi connectivity index (χ1) is 12.5. The highest BCUT2D eigenvalue weighted by Crippen LogP contribution is 2.30. The number of aromatic nitrogens is 3. The fourth-order valence-electron chi connectivity index (χ4n) is 3.12. The molecule has 26 heavy (non-hydrogen) atoms. The number of benzene rings is 2. The van der Waals surface area contributed by atoms with Gasteiger partial charge in [0, 0.05) is 11.8 Å². The van der Waals surface area contributed by atoms with E-state index in [0.29, 0.717) is 0 Å². The molecule has 0 unspecified atom stereocenters. The Morgan fingerprint density at radius 1 is 0.923 bits per heavy atom. The van der Waals surface area contributed by atoms with Gasteiger partial charge in [-0.05, 0) is 44.5 Å². The monoisotopic (exact) mass is 343 g/mol. The summed E-state index contributed by atoms with van der Waals surface area (Å²) in [5, 5.41) is 4.60. The molecule has 4 aromatic rings. The van der Waals surface area contributed by atoms with Crippen LogP contribution in [0, 0.1) is 6.92 Å². The Balaban J connectivity index is 1.78. The van der Waals surface area contributed by atoms with Gasteiger partial charge in [-0.1, -0.05) is 48.0 Å². The van der Waals surface area contributed by atoms with Gasteiger partial charge in [0.1, 0.15) is 11.4 Å². The molecule has 4 rings (SSSR count). The summed E-state index contributed by atoms with van der Waals surface area (Å²) in [4.78, 5) is 4.57. The summed E-state index contributed by atoms with van der Waals surface area (Å²) >= 11 is 0. The van der Waals surface area contributed by atoms with Crippen molar-refractivity contribution in [3.05, 3.63) is 84.3 Å². The summed E-state index contributed by atoms with van der Waals surface area (Å²) in [5.74, 6) is 0.827. The van der Waals surface area contributed by atoms with E-state index in [1.54, 1.807) is 0 Å². The standard InChI is InChI=1S/C22H21N3O/c1-16-9-11-17(12-10-16)19-15-24-25-20(13-14-23-21(19)25)22(2,3)26-18-7-5-4-6-8-18/h4-15H,1-3H3. The van der Waals surface area contributed by atoms with Crippen molar-refractivity contribution < 1.29 is 4.74 Å². The number of para-hydroxylation sites is 1. The van der Waals surface area contributed by atoms with Crippen LogP contribution < -0.4 is 4.74 Å². The van der Waals surface area contributed by atoms with Gasteiger partial charge in [0.15, 0.2) is 5.65 Å². The lowest BCUT2D eigenvalue weighted by Crippen LogP contribution is -2.28. The first kappa shape index (κ1) is 16.3. The zero-order chi connectivity index (χ0) is 18.1. The first-order valence-electron chi connectivity index (χ1n) is 8.69. The second kappa shape index (κ2) is 6.30. The molecule has 0 saturated carbocycles. The van der Waals surface area contributed by atoms with Gasteiger partial charge < -0.3 is 4.74 Å². The van der Waals surface area contributed by atoms with Crippen molar-refractivity contribution in [3.8, 4) is 16.9 Å². The van der Waals surface area contributed by atoms with Crippen molar-refractivity contribution in [2.75, 3.05) is 0 Å². The molecule has 0 fully saturated rings. The second-order valence-electron chi connectivity index (χ2n) is 6.92. The minimum Gasteiger partial charge on any atom is -0.482 e. The molecule has 0 saturated heterocycles. The molecular formula is C22H21N3O. The smallest absolute Gasteiger partial charge is 0.163 e. The van der Waals surface area contributed by atoms with Crippen LogP contribution in [-0.4, -0.2) is 14.6 Å². The average Bonchev–Trinajstić information content (AvgIpc) is 3.07. The van der Waals surface area contributed by atoms with Crippen molar-refractivity contribution in [2.24, 2.45) is 0 Å². The summed E-state index contributed by atoms with van der Waals surface area (Å²) in [6, 6.07) is 20.2. The SMILES string of the molecule is Cc1ccc(-c2cnn3c(C(C)(C)Oc4ccccc4)ccnc23)cc1. The Morgan fingerprint density at radius 2 is 1.65 bits per heavy atom. The van der Waals surface area contributed by atoms with Crippen LogP contribution in [0.2, 0.25) is 0 Å². The summed E-state index contributed by atoms with van der Waals surface area (Å²) < 4.78 is 8.11. The topological polar surface area (TPSA) is 39.4 Å². The highest BCUT2D eigenvalue weighted by Gasteiger charge is 2.27. The highest BCUT2D eigenvalue weighted by molar-refractivity contribution is 5.77. The van der Waals surface area contributed by atoms with E-state index in [4.69, 9.17) is 4.74 Å². The zero-order valence-electron chi connectivity index (χ0n) is 15.2. The van der Waals surface area contributed by atoms with E-state index in [9.17, 15) is 0 Å². The molecule has 0 bridgehead atoms. The average molecular weight is 343 g/mol. The Hall–Kier alpha value is -3.14. The highest BCUT2D eigenvalue weighted by atomic mass is 16.5. The Labute approximate surface area is 153 Å². The predicted molar refractivity (Wildman–Crippen MR) is 103 cm³/mol. The van der Waals surface area contributed by atoms with Crippen LogP contribution in [0.5, 0.6) is 5.75 Å². The maximum Gasteiger partial charge on any atom is 0.163 e. The maximum absolute atomic E-state index is 6.24. The number of nitrogens with zero attached hydrogens (tertiary/aromatic N) is 3. The second-order valence-corrected chi connectivity index (χ2v) is 6.92. The van der Waals surface area contributed by atoms with E-state index in [0.717, 1.165) is 28.2 Å². The van der Waals surface area contributed by atoms with Crippen molar-refractivity contribution in [3.63, 3.8) is 0 Å². The van der Waals surface area contributed by atoms with Crippen LogP contribution in [0.25, 0.3) is 16.8 Å². The molecule has 0 aliphatic carbocycles. The number of aryl methyl sites for hydroxylation is 1. The molecule has 130 valence electrons. The van der Waals surface area contributed by atoms with Crippen molar-refractivity contribution in [2.45, 2.75) is 26.4 Å². The molecule has 0 aliphatic rings. The van der Waals surface area contributed by atoms with Crippen molar-refractivity contribution in [1.29, 1.82) is 0 Å². The van der Waals surface area contributed by atoms with Gasteiger partial charge >= 0.3 is 0 Å². The zero-order valence-corrected chi connectivity index (χ0v) is 15.2. The summed E-state index contributed by atoms with van der Waals surface area (Å²) in [6.45, 7) is 6.17. The van der Waals surface area contributed by atoms with Crippen LogP contribution in [0.4, 0.5) is 0 Å². The van der Waals surface area contributed by atoms with E-state index in [2.05, 4.69) is 41.3 Å². The van der Waals surface area contributed by atoms with Gasteiger partial charge in [0.2, 0.25) is 0 Å². The van der Waals surface area contributed by atoms with E-state index >= 15 is 0 Å². The molecule has 4 nitrogen and oxygen atoms in total. The molecule has 2 heterocycles. The molecule has 4 heteroatoms. The Kier molecular flexibility index (Phi) is 3.96. The molecule has 0 atom stereocenters. The summed E-state index contributed by atoms with van der Waals surface area (Å²) in [5.41, 5.74) is 4.58. The Morgan fingerprint density at radius 3 is 2.38 bits per heavy atom. The minimum atomic E-state index is -0.556. The molecule has 2 aromatic heterocycles. The molecule has 0 spiro atoms. The van der Waals surface area contributed by atoms with Gasteiger partial charge in [-0.2, -0.15) is 5.10 Å². The maximum atomic E-state index is 6.24. The van der Waals surface area contributed by atoms with Gasteiger partial charge in [-0.3, -0.25) is 0 Å². The van der Waals surface area contributed by atoms with Gasteiger partial charge in [-0.15, -0.1) is 0 Å². The fraction of sp³-hybridized carbons (Fsp3) is 0.182. The summed E-state index contributed by atoms with van der Waals surface area (Å²) in [6.07, 6.45) is 3.69. The largest absolute Gasteiger partial charge is 0.482 e. The van der Waals surface area contributed by atoms with Crippen LogP contribution in [0.15, 0.2) is 73.1 Å². The first-order valence-corrected chi connectivity index (χ1v) is 8.69. The normalized spacial score (nSPS) is 11.7. The number of fused-ring (bicyclic) bond motifs is 1. The summed E-state index contributed by atoms with van der Waals surface area (Å²) in [7, 11) is 0. The quantitative estimate of drug-likeness (QED) is 0.522. The predicted octanol–water partition coefficient (Wildman–Crippen LogP) is 5.02. The third kappa shape index (κ3) is 2.94. The number of ether oxygens (including phenoxy) is 1. The van der Waals surface area contributed by atoms with E-state index in [1.165, 1.54) is 5.56 Å². The fourth-order valence-corrected chi connectivity index (χ4v) is 3.12. The van der Waals surface area contributed by atoms with Crippen molar-refractivity contribution >= 4 is 5.65 Å². The number of hydrogen-bond acceptors (Lipinski definition) is 3. The number of rotatable bonds is 4. The molecular weight excluding hydrogens is 322 g/mol. The molecule has 2 aromatic carbocycles. The molecule has 0 aliphatic heterocycles. The molecule has 0 amide bonds. The molecule has 0 N–H and O–H groups in total. The van der Waals surface area contributed by atoms with Crippen LogP contribution in [0.1, 0.15) is 25.1 Å².